The number of hydrogen-bond donors (Lipinski definition) is 0. The van der Waals surface area contributed by atoms with E-state index < -0.39 is 0 Å². The van der Waals surface area contributed by atoms with E-state index in [-0.39, 0.29) is 0 Å². The number of nitrogens with zero attached hydrogens (tertiary/aromatic N) is 1. The average Bonchev–Trinajstić information content (AvgIpc) is 2.64. The number of allylic oxidation sites excluding steroid dienone is 1. The minimum atomic E-state index is 0.801. The molecule has 0 aliphatic heterocycles. The van der Waals surface area contributed by atoms with Gasteiger partial charge in [-0.25, -0.2) is 4.98 Å². The molecular formula is C23H24BrNO. The SMILES string of the molecule is Brc1ccc(Cc2ccc(OC=C3C4CC5CC(C4)CC3C5)cc2)cn1. The molecule has 4 aliphatic carbocycles. The van der Waals surface area contributed by atoms with Crippen molar-refractivity contribution < 1.29 is 4.74 Å². The van der Waals surface area contributed by atoms with Crippen LogP contribution in [0, 0.1) is 23.7 Å². The van der Waals surface area contributed by atoms with Crippen LogP contribution in [0.1, 0.15) is 43.2 Å². The van der Waals surface area contributed by atoms with E-state index in [1.54, 1.807) is 5.57 Å². The third-order valence-corrected chi connectivity index (χ3v) is 7.00. The first kappa shape index (κ1) is 16.6. The molecular weight excluding hydrogens is 386 g/mol. The van der Waals surface area contributed by atoms with Gasteiger partial charge in [0.15, 0.2) is 0 Å². The second kappa shape index (κ2) is 6.84. The Hall–Kier alpha value is -1.61. The van der Waals surface area contributed by atoms with Crippen LogP contribution in [0.15, 0.2) is 59.0 Å². The van der Waals surface area contributed by atoms with Crippen molar-refractivity contribution in [2.45, 2.75) is 38.5 Å². The van der Waals surface area contributed by atoms with Gasteiger partial charge in [0.25, 0.3) is 0 Å². The minimum absolute atomic E-state index is 0.801. The summed E-state index contributed by atoms with van der Waals surface area (Å²) in [4.78, 5) is 4.29. The molecule has 1 aromatic carbocycles. The van der Waals surface area contributed by atoms with Crippen molar-refractivity contribution in [2.24, 2.45) is 23.7 Å². The van der Waals surface area contributed by atoms with Gasteiger partial charge in [-0.15, -0.1) is 0 Å². The number of benzene rings is 1. The van der Waals surface area contributed by atoms with Crippen molar-refractivity contribution in [1.82, 2.24) is 4.98 Å². The number of halogens is 1. The lowest BCUT2D eigenvalue weighted by molar-refractivity contribution is 0.0669. The lowest BCUT2D eigenvalue weighted by atomic mass is 9.54. The van der Waals surface area contributed by atoms with Gasteiger partial charge in [-0.3, -0.25) is 0 Å². The summed E-state index contributed by atoms with van der Waals surface area (Å²) in [6.45, 7) is 0. The molecule has 4 bridgehead atoms. The highest BCUT2D eigenvalue weighted by Crippen LogP contribution is 2.56. The first-order valence-electron chi connectivity index (χ1n) is 9.79. The molecule has 0 N–H and O–H groups in total. The summed E-state index contributed by atoms with van der Waals surface area (Å²) in [5, 5.41) is 0. The van der Waals surface area contributed by atoms with E-state index in [9.17, 15) is 0 Å². The molecule has 26 heavy (non-hydrogen) atoms. The van der Waals surface area contributed by atoms with Gasteiger partial charge in [-0.05, 0) is 113 Å². The zero-order valence-electron chi connectivity index (χ0n) is 14.9. The highest BCUT2D eigenvalue weighted by atomic mass is 79.9. The fourth-order valence-corrected chi connectivity index (χ4v) is 5.72. The molecule has 4 fully saturated rings. The van der Waals surface area contributed by atoms with Crippen molar-refractivity contribution in [3.63, 3.8) is 0 Å². The van der Waals surface area contributed by atoms with Crippen LogP contribution in [-0.2, 0) is 6.42 Å². The fraction of sp³-hybridized carbons (Fsp3) is 0.435. The van der Waals surface area contributed by atoms with Crippen molar-refractivity contribution in [2.75, 3.05) is 0 Å². The van der Waals surface area contributed by atoms with E-state index in [4.69, 9.17) is 4.74 Å². The number of ether oxygens (including phenoxy) is 1. The van der Waals surface area contributed by atoms with E-state index in [0.717, 1.165) is 40.4 Å². The van der Waals surface area contributed by atoms with E-state index in [1.165, 1.54) is 43.2 Å². The molecule has 0 saturated heterocycles. The van der Waals surface area contributed by atoms with Crippen molar-refractivity contribution in [3.8, 4) is 5.75 Å². The summed E-state index contributed by atoms with van der Waals surface area (Å²) >= 11 is 3.38. The molecule has 134 valence electrons. The van der Waals surface area contributed by atoms with Crippen molar-refractivity contribution >= 4 is 15.9 Å². The predicted octanol–water partition coefficient (Wildman–Crippen LogP) is 6.15. The second-order valence-corrected chi connectivity index (χ2v) is 9.16. The Kier molecular flexibility index (Phi) is 4.36. The first-order chi connectivity index (χ1) is 12.7. The van der Waals surface area contributed by atoms with Crippen LogP contribution in [0.4, 0.5) is 0 Å². The molecule has 0 amide bonds. The highest BCUT2D eigenvalue weighted by molar-refractivity contribution is 9.10. The summed E-state index contributed by atoms with van der Waals surface area (Å²) in [5.41, 5.74) is 4.10. The third kappa shape index (κ3) is 3.34. The van der Waals surface area contributed by atoms with Crippen LogP contribution in [0.2, 0.25) is 0 Å². The van der Waals surface area contributed by atoms with Gasteiger partial charge in [0, 0.05) is 6.20 Å². The van der Waals surface area contributed by atoms with Crippen LogP contribution in [0.5, 0.6) is 5.75 Å². The topological polar surface area (TPSA) is 22.1 Å². The molecule has 1 aromatic heterocycles. The standard InChI is InChI=1S/C23H24BrNO/c24-23-6-3-16(13-25-23)7-15-1-4-21(5-2-15)26-14-22-19-9-17-8-18(11-19)12-20(22)10-17/h1-6,13-14,17-20H,7-12H2. The van der Waals surface area contributed by atoms with Gasteiger partial charge in [0.1, 0.15) is 10.4 Å². The maximum atomic E-state index is 6.07. The lowest BCUT2D eigenvalue weighted by Crippen LogP contribution is -2.40. The summed E-state index contributed by atoms with van der Waals surface area (Å²) in [6, 6.07) is 12.6. The Morgan fingerprint density at radius 3 is 2.15 bits per heavy atom. The van der Waals surface area contributed by atoms with E-state index in [0.29, 0.717) is 0 Å². The van der Waals surface area contributed by atoms with Gasteiger partial charge in [-0.2, -0.15) is 0 Å². The Labute approximate surface area is 163 Å². The van der Waals surface area contributed by atoms with Crippen molar-refractivity contribution in [3.05, 3.63) is 70.2 Å². The molecule has 0 unspecified atom stereocenters. The zero-order chi connectivity index (χ0) is 17.5. The maximum Gasteiger partial charge on any atom is 0.126 e. The first-order valence-corrected chi connectivity index (χ1v) is 10.6. The van der Waals surface area contributed by atoms with E-state index in [1.807, 2.05) is 12.3 Å². The number of aromatic nitrogens is 1. The number of rotatable bonds is 4. The molecule has 3 heteroatoms. The number of pyridine rings is 1. The van der Waals surface area contributed by atoms with Crippen LogP contribution in [0.3, 0.4) is 0 Å². The fourth-order valence-electron chi connectivity index (χ4n) is 5.49. The molecule has 0 radical (unpaired) electrons. The van der Waals surface area contributed by atoms with Gasteiger partial charge in [-0.1, -0.05) is 18.2 Å². The Morgan fingerprint density at radius 2 is 1.54 bits per heavy atom. The molecule has 4 aliphatic rings. The molecule has 6 rings (SSSR count). The third-order valence-electron chi connectivity index (χ3n) is 6.53. The molecule has 2 nitrogen and oxygen atoms in total. The highest BCUT2D eigenvalue weighted by Gasteiger charge is 2.45. The van der Waals surface area contributed by atoms with Gasteiger partial charge >= 0.3 is 0 Å². The summed E-state index contributed by atoms with van der Waals surface area (Å²) in [6.07, 6.45) is 12.0. The lowest BCUT2D eigenvalue weighted by Gasteiger charge is -2.51. The Morgan fingerprint density at radius 1 is 0.885 bits per heavy atom. The summed E-state index contributed by atoms with van der Waals surface area (Å²) < 4.78 is 6.95. The molecule has 1 heterocycles. The van der Waals surface area contributed by atoms with Crippen molar-refractivity contribution in [1.29, 1.82) is 0 Å². The molecule has 4 saturated carbocycles. The van der Waals surface area contributed by atoms with E-state index in [2.05, 4.69) is 57.5 Å². The molecule has 0 atom stereocenters. The zero-order valence-corrected chi connectivity index (χ0v) is 16.5. The molecule has 0 spiro atoms. The van der Waals surface area contributed by atoms with Crippen LogP contribution in [-0.4, -0.2) is 4.98 Å². The van der Waals surface area contributed by atoms with Gasteiger partial charge in [0.2, 0.25) is 0 Å². The second-order valence-electron chi connectivity index (χ2n) is 8.35. The van der Waals surface area contributed by atoms with Crippen LogP contribution in [0.25, 0.3) is 0 Å². The number of hydrogen-bond acceptors (Lipinski definition) is 2. The summed E-state index contributed by atoms with van der Waals surface area (Å²) in [5.74, 6) is 4.55. The van der Waals surface area contributed by atoms with E-state index >= 15 is 0 Å². The van der Waals surface area contributed by atoms with Gasteiger partial charge in [0.05, 0.1) is 6.26 Å². The average molecular weight is 410 g/mol. The molecule has 2 aromatic rings. The quantitative estimate of drug-likeness (QED) is 0.445. The van der Waals surface area contributed by atoms with Crippen LogP contribution >= 0.6 is 15.9 Å². The Bertz CT molecular complexity index is 779. The van der Waals surface area contributed by atoms with Crippen LogP contribution < -0.4 is 4.74 Å². The largest absolute Gasteiger partial charge is 0.465 e. The Balaban J connectivity index is 1.24. The predicted molar refractivity (Wildman–Crippen MR) is 107 cm³/mol. The van der Waals surface area contributed by atoms with Gasteiger partial charge < -0.3 is 4.74 Å². The summed E-state index contributed by atoms with van der Waals surface area (Å²) in [7, 11) is 0. The normalized spacial score (nSPS) is 29.0. The monoisotopic (exact) mass is 409 g/mol. The minimum Gasteiger partial charge on any atom is -0.465 e. The maximum absolute atomic E-state index is 6.07. The smallest absolute Gasteiger partial charge is 0.126 e.